The Balaban J connectivity index is 1.50. The van der Waals surface area contributed by atoms with Crippen LogP contribution in [0.2, 0.25) is 0 Å². The van der Waals surface area contributed by atoms with E-state index in [4.69, 9.17) is 4.74 Å². The second kappa shape index (κ2) is 4.60. The lowest BCUT2D eigenvalue weighted by atomic mass is 9.57. The van der Waals surface area contributed by atoms with Gasteiger partial charge in [-0.05, 0) is 24.1 Å². The molecule has 0 spiro atoms. The number of fused-ring (bicyclic) bond motifs is 1. The van der Waals surface area contributed by atoms with Crippen molar-refractivity contribution in [2.75, 3.05) is 11.9 Å². The molecule has 1 aromatic carbocycles. The topological polar surface area (TPSA) is 49.9 Å². The minimum atomic E-state index is 0.212. The Hall–Kier alpha value is -1.81. The number of aromatic amines is 1. The van der Waals surface area contributed by atoms with Gasteiger partial charge in [-0.1, -0.05) is 26.0 Å². The predicted molar refractivity (Wildman–Crippen MR) is 83.1 cm³/mol. The summed E-state index contributed by atoms with van der Waals surface area (Å²) < 4.78 is 5.85. The first-order valence-corrected chi connectivity index (χ1v) is 7.63. The van der Waals surface area contributed by atoms with Gasteiger partial charge in [0.15, 0.2) is 0 Å². The maximum atomic E-state index is 5.85. The zero-order valence-corrected chi connectivity index (χ0v) is 12.5. The molecule has 3 atom stereocenters. The summed E-state index contributed by atoms with van der Waals surface area (Å²) in [5.41, 5.74) is 3.60. The van der Waals surface area contributed by atoms with Crippen LogP contribution in [-0.4, -0.2) is 28.7 Å². The molecular weight excluding hydrogens is 262 g/mol. The third kappa shape index (κ3) is 1.97. The third-order valence-corrected chi connectivity index (χ3v) is 5.12. The molecule has 0 bridgehead atoms. The Morgan fingerprint density at radius 1 is 1.29 bits per heavy atom. The lowest BCUT2D eigenvalue weighted by Crippen LogP contribution is -2.63. The SMILES string of the molecule is CC1(C)C(Nc2ccc(-c3cnc[nH]3)cc2)C2CCOC21. The number of hydrogen-bond acceptors (Lipinski definition) is 3. The molecule has 2 aliphatic rings. The van der Waals surface area contributed by atoms with Crippen LogP contribution in [-0.2, 0) is 4.74 Å². The monoisotopic (exact) mass is 283 g/mol. The van der Waals surface area contributed by atoms with Crippen molar-refractivity contribution in [2.45, 2.75) is 32.4 Å². The van der Waals surface area contributed by atoms with Gasteiger partial charge in [0, 0.05) is 29.7 Å². The fourth-order valence-corrected chi connectivity index (χ4v) is 3.96. The molecule has 1 aliphatic carbocycles. The Morgan fingerprint density at radius 2 is 2.10 bits per heavy atom. The maximum Gasteiger partial charge on any atom is 0.0924 e. The fourth-order valence-electron chi connectivity index (χ4n) is 3.96. The summed E-state index contributed by atoms with van der Waals surface area (Å²) in [6.07, 6.45) is 5.16. The van der Waals surface area contributed by atoms with Crippen LogP contribution in [0.4, 0.5) is 5.69 Å². The van der Waals surface area contributed by atoms with Crippen molar-refractivity contribution in [1.29, 1.82) is 0 Å². The van der Waals surface area contributed by atoms with Gasteiger partial charge >= 0.3 is 0 Å². The minimum Gasteiger partial charge on any atom is -0.381 e. The van der Waals surface area contributed by atoms with Gasteiger partial charge in [-0.3, -0.25) is 0 Å². The second-order valence-corrected chi connectivity index (χ2v) is 6.73. The molecule has 4 heteroatoms. The number of nitrogens with one attached hydrogen (secondary N) is 2. The first-order valence-electron chi connectivity index (χ1n) is 7.63. The summed E-state index contributed by atoms with van der Waals surface area (Å²) >= 11 is 0. The first kappa shape index (κ1) is 12.9. The Labute approximate surface area is 124 Å². The van der Waals surface area contributed by atoms with Crippen LogP contribution in [0.5, 0.6) is 0 Å². The summed E-state index contributed by atoms with van der Waals surface area (Å²) in [5.74, 6) is 0.660. The van der Waals surface area contributed by atoms with Gasteiger partial charge in [0.2, 0.25) is 0 Å². The summed E-state index contributed by atoms with van der Waals surface area (Å²) in [7, 11) is 0. The van der Waals surface area contributed by atoms with Crippen molar-refractivity contribution < 1.29 is 4.74 Å². The van der Waals surface area contributed by atoms with Gasteiger partial charge in [-0.15, -0.1) is 0 Å². The number of ether oxygens (including phenoxy) is 1. The van der Waals surface area contributed by atoms with E-state index in [1.165, 1.54) is 12.1 Å². The maximum absolute atomic E-state index is 5.85. The van der Waals surface area contributed by atoms with Gasteiger partial charge in [0.05, 0.1) is 24.3 Å². The summed E-state index contributed by atoms with van der Waals surface area (Å²) in [6, 6.07) is 9.06. The number of benzene rings is 1. The molecule has 1 aliphatic heterocycles. The summed E-state index contributed by atoms with van der Waals surface area (Å²) in [4.78, 5) is 7.19. The average Bonchev–Trinajstić information content (AvgIpc) is 3.16. The average molecular weight is 283 g/mol. The van der Waals surface area contributed by atoms with Gasteiger partial charge in [-0.2, -0.15) is 0 Å². The third-order valence-electron chi connectivity index (χ3n) is 5.12. The quantitative estimate of drug-likeness (QED) is 0.908. The van der Waals surface area contributed by atoms with E-state index >= 15 is 0 Å². The van der Waals surface area contributed by atoms with Gasteiger partial charge in [0.1, 0.15) is 0 Å². The van der Waals surface area contributed by atoms with E-state index in [2.05, 4.69) is 53.4 Å². The standard InChI is InChI=1S/C17H21N3O/c1-17(2)15(13-7-8-21-16(13)17)20-12-5-3-11(4-6-12)14-9-18-10-19-14/h3-6,9-10,13,15-16,20H,7-8H2,1-2H3,(H,18,19). The number of nitrogens with zero attached hydrogens (tertiary/aromatic N) is 1. The van der Waals surface area contributed by atoms with Crippen molar-refractivity contribution in [3.63, 3.8) is 0 Å². The zero-order chi connectivity index (χ0) is 14.4. The molecule has 1 saturated heterocycles. The van der Waals surface area contributed by atoms with E-state index in [1.54, 1.807) is 6.33 Å². The van der Waals surface area contributed by atoms with Gasteiger partial charge < -0.3 is 15.0 Å². The van der Waals surface area contributed by atoms with Crippen molar-refractivity contribution in [3.05, 3.63) is 36.8 Å². The van der Waals surface area contributed by atoms with Crippen LogP contribution < -0.4 is 5.32 Å². The molecule has 2 fully saturated rings. The number of anilines is 1. The fraction of sp³-hybridized carbons (Fsp3) is 0.471. The van der Waals surface area contributed by atoms with E-state index in [-0.39, 0.29) is 5.41 Å². The van der Waals surface area contributed by atoms with Crippen LogP contribution in [0, 0.1) is 11.3 Å². The van der Waals surface area contributed by atoms with E-state index in [0.717, 1.165) is 17.9 Å². The number of aromatic nitrogens is 2. The highest BCUT2D eigenvalue weighted by Gasteiger charge is 2.59. The summed E-state index contributed by atoms with van der Waals surface area (Å²) in [6.45, 7) is 5.52. The van der Waals surface area contributed by atoms with E-state index in [9.17, 15) is 0 Å². The first-order chi connectivity index (χ1) is 10.2. The van der Waals surface area contributed by atoms with E-state index in [1.807, 2.05) is 6.20 Å². The number of rotatable bonds is 3. The number of hydrogen-bond donors (Lipinski definition) is 2. The molecule has 110 valence electrons. The number of H-pyrrole nitrogens is 1. The highest BCUT2D eigenvalue weighted by Crippen LogP contribution is 2.53. The van der Waals surface area contributed by atoms with Crippen LogP contribution in [0.3, 0.4) is 0 Å². The van der Waals surface area contributed by atoms with Gasteiger partial charge in [0.25, 0.3) is 0 Å². The largest absolute Gasteiger partial charge is 0.381 e. The van der Waals surface area contributed by atoms with Gasteiger partial charge in [-0.25, -0.2) is 4.98 Å². The Bertz CT molecular complexity index is 618. The second-order valence-electron chi connectivity index (χ2n) is 6.73. The number of imidazole rings is 1. The molecule has 2 heterocycles. The van der Waals surface area contributed by atoms with E-state index < -0.39 is 0 Å². The molecule has 21 heavy (non-hydrogen) atoms. The Kier molecular flexibility index (Phi) is 2.82. The molecule has 3 unspecified atom stereocenters. The van der Waals surface area contributed by atoms with Crippen LogP contribution in [0.1, 0.15) is 20.3 Å². The smallest absolute Gasteiger partial charge is 0.0924 e. The lowest BCUT2D eigenvalue weighted by molar-refractivity contribution is -0.0923. The van der Waals surface area contributed by atoms with E-state index in [0.29, 0.717) is 18.1 Å². The van der Waals surface area contributed by atoms with Crippen LogP contribution >= 0.6 is 0 Å². The molecular formula is C17H21N3O. The predicted octanol–water partition coefficient (Wildman–Crippen LogP) is 3.30. The summed E-state index contributed by atoms with van der Waals surface area (Å²) in [5, 5.41) is 3.71. The molecule has 0 radical (unpaired) electrons. The molecule has 4 rings (SSSR count). The Morgan fingerprint density at radius 3 is 2.81 bits per heavy atom. The molecule has 2 N–H and O–H groups in total. The molecule has 2 aromatic rings. The van der Waals surface area contributed by atoms with Crippen molar-refractivity contribution >= 4 is 5.69 Å². The van der Waals surface area contributed by atoms with Crippen LogP contribution in [0.15, 0.2) is 36.8 Å². The lowest BCUT2D eigenvalue weighted by Gasteiger charge is -2.55. The van der Waals surface area contributed by atoms with Crippen molar-refractivity contribution in [3.8, 4) is 11.3 Å². The molecule has 0 amide bonds. The van der Waals surface area contributed by atoms with Crippen LogP contribution in [0.25, 0.3) is 11.3 Å². The minimum absolute atomic E-state index is 0.212. The highest BCUT2D eigenvalue weighted by atomic mass is 16.5. The van der Waals surface area contributed by atoms with Crippen molar-refractivity contribution in [1.82, 2.24) is 9.97 Å². The normalized spacial score (nSPS) is 29.7. The highest BCUT2D eigenvalue weighted by molar-refractivity contribution is 5.62. The molecule has 1 aromatic heterocycles. The zero-order valence-electron chi connectivity index (χ0n) is 12.5. The molecule has 1 saturated carbocycles. The van der Waals surface area contributed by atoms with Crippen molar-refractivity contribution in [2.24, 2.45) is 11.3 Å². The molecule has 4 nitrogen and oxygen atoms in total.